The third kappa shape index (κ3) is 6.03. The smallest absolute Gasteiger partial charge is 0.309 e. The predicted octanol–water partition coefficient (Wildman–Crippen LogP) is 4.20. The van der Waals surface area contributed by atoms with Crippen molar-refractivity contribution < 1.29 is 18.4 Å². The lowest BCUT2D eigenvalue weighted by atomic mass is 9.99. The molecule has 0 aliphatic rings. The molecule has 5 heteroatoms. The number of Topliss-reactive ketones (excluding diaryl/α,β-unsaturated/α-hetero) is 1. The van der Waals surface area contributed by atoms with E-state index in [1.165, 1.54) is 0 Å². The summed E-state index contributed by atoms with van der Waals surface area (Å²) in [6, 6.07) is 0. The summed E-state index contributed by atoms with van der Waals surface area (Å²) in [7, 11) is -3.24. The third-order valence-corrected chi connectivity index (χ3v) is 5.63. The van der Waals surface area contributed by atoms with Crippen LogP contribution in [-0.2, 0) is 18.4 Å². The molecule has 0 spiro atoms. The van der Waals surface area contributed by atoms with Gasteiger partial charge in [0.25, 0.3) is 0 Å². The molecule has 112 valence electrons. The van der Waals surface area contributed by atoms with Gasteiger partial charge in [-0.3, -0.25) is 9.36 Å². The maximum Gasteiger partial charge on any atom is 0.334 e. The number of carbonyl (C=O) groups excluding carboxylic acids is 1. The number of ketones is 1. The van der Waals surface area contributed by atoms with Gasteiger partial charge in [0.15, 0.2) is 0 Å². The Balaban J connectivity index is 4.98. The Morgan fingerprint density at radius 3 is 2.16 bits per heavy atom. The van der Waals surface area contributed by atoms with Crippen LogP contribution in [0.5, 0.6) is 0 Å². The number of rotatable bonds is 11. The predicted molar refractivity (Wildman–Crippen MR) is 78.5 cm³/mol. The highest BCUT2D eigenvalue weighted by Gasteiger charge is 2.36. The van der Waals surface area contributed by atoms with Gasteiger partial charge in [-0.2, -0.15) is 0 Å². The molecule has 0 amide bonds. The molecule has 0 saturated heterocycles. The molecule has 0 aromatic rings. The fourth-order valence-corrected chi connectivity index (χ4v) is 3.81. The summed E-state index contributed by atoms with van der Waals surface area (Å²) in [5.74, 6) is 0.0815. The Morgan fingerprint density at radius 1 is 1.26 bits per heavy atom. The second kappa shape index (κ2) is 9.46. The highest BCUT2D eigenvalue weighted by Crippen LogP contribution is 2.55. The van der Waals surface area contributed by atoms with E-state index in [1.807, 2.05) is 13.8 Å². The summed E-state index contributed by atoms with van der Waals surface area (Å²) in [6.45, 7) is 11.7. The van der Waals surface area contributed by atoms with Crippen LogP contribution in [0.4, 0.5) is 0 Å². The van der Waals surface area contributed by atoms with Gasteiger partial charge in [0.05, 0.1) is 18.9 Å². The Labute approximate surface area is 117 Å². The van der Waals surface area contributed by atoms with Crippen molar-refractivity contribution in [3.05, 3.63) is 12.7 Å². The standard InChI is InChI=1S/C14H27O4P/c1-6-10-13(11-14(15)12(5)7-2)19(16,17-8-3)18-9-4/h6,12-13H,1,7-11H2,2-5H3. The van der Waals surface area contributed by atoms with Gasteiger partial charge in [0, 0.05) is 12.3 Å². The molecule has 0 aliphatic carbocycles. The largest absolute Gasteiger partial charge is 0.334 e. The molecular formula is C14H27O4P. The van der Waals surface area contributed by atoms with Gasteiger partial charge in [-0.1, -0.05) is 19.9 Å². The van der Waals surface area contributed by atoms with Crippen molar-refractivity contribution >= 4 is 13.4 Å². The normalized spacial score (nSPS) is 14.9. The van der Waals surface area contributed by atoms with Crippen molar-refractivity contribution in [3.63, 3.8) is 0 Å². The molecule has 2 atom stereocenters. The Morgan fingerprint density at radius 2 is 1.79 bits per heavy atom. The van der Waals surface area contributed by atoms with Crippen LogP contribution in [0.25, 0.3) is 0 Å². The minimum absolute atomic E-state index is 0.0241. The number of hydrogen-bond acceptors (Lipinski definition) is 4. The van der Waals surface area contributed by atoms with Crippen LogP contribution in [0.1, 0.15) is 47.0 Å². The SMILES string of the molecule is C=CCC(CC(=O)C(C)CC)P(=O)(OCC)OCC. The molecule has 0 N–H and O–H groups in total. The summed E-state index contributed by atoms with van der Waals surface area (Å²) in [5.41, 5.74) is -0.425. The summed E-state index contributed by atoms with van der Waals surface area (Å²) in [5, 5.41) is 0. The molecular weight excluding hydrogens is 263 g/mol. The average Bonchev–Trinajstić information content (AvgIpc) is 2.37. The molecule has 0 saturated carbocycles. The summed E-state index contributed by atoms with van der Waals surface area (Å²) >= 11 is 0. The van der Waals surface area contributed by atoms with Gasteiger partial charge >= 0.3 is 7.60 Å². The number of carbonyl (C=O) groups is 1. The number of allylic oxidation sites excluding steroid dienone is 1. The number of hydrogen-bond donors (Lipinski definition) is 0. The summed E-state index contributed by atoms with van der Waals surface area (Å²) < 4.78 is 23.4. The van der Waals surface area contributed by atoms with Crippen molar-refractivity contribution in [3.8, 4) is 0 Å². The molecule has 0 rings (SSSR count). The monoisotopic (exact) mass is 290 g/mol. The van der Waals surface area contributed by atoms with Crippen LogP contribution in [-0.4, -0.2) is 24.7 Å². The zero-order chi connectivity index (χ0) is 14.9. The fraction of sp³-hybridized carbons (Fsp3) is 0.786. The highest BCUT2D eigenvalue weighted by atomic mass is 31.2. The summed E-state index contributed by atoms with van der Waals surface area (Å²) in [6.07, 6.45) is 3.13. The lowest BCUT2D eigenvalue weighted by Gasteiger charge is -2.25. The lowest BCUT2D eigenvalue weighted by Crippen LogP contribution is -2.21. The van der Waals surface area contributed by atoms with E-state index in [2.05, 4.69) is 6.58 Å². The molecule has 0 aliphatic heterocycles. The molecule has 4 nitrogen and oxygen atoms in total. The molecule has 2 unspecified atom stereocenters. The fourth-order valence-electron chi connectivity index (χ4n) is 1.79. The van der Waals surface area contributed by atoms with Crippen LogP contribution in [0.15, 0.2) is 12.7 Å². The van der Waals surface area contributed by atoms with Crippen molar-refractivity contribution in [2.75, 3.05) is 13.2 Å². The Bertz CT molecular complexity index is 317. The minimum atomic E-state index is -3.24. The molecule has 0 aromatic carbocycles. The van der Waals surface area contributed by atoms with Crippen LogP contribution in [0, 0.1) is 5.92 Å². The van der Waals surface area contributed by atoms with Crippen LogP contribution in [0.3, 0.4) is 0 Å². The van der Waals surface area contributed by atoms with Gasteiger partial charge in [-0.15, -0.1) is 6.58 Å². The van der Waals surface area contributed by atoms with Gasteiger partial charge < -0.3 is 9.05 Å². The van der Waals surface area contributed by atoms with E-state index in [9.17, 15) is 9.36 Å². The second-order valence-electron chi connectivity index (χ2n) is 4.53. The molecule has 0 aromatic heterocycles. The van der Waals surface area contributed by atoms with Crippen molar-refractivity contribution in [1.82, 2.24) is 0 Å². The van der Waals surface area contributed by atoms with Gasteiger partial charge in [-0.25, -0.2) is 0 Å². The first kappa shape index (κ1) is 18.6. The Kier molecular flexibility index (Phi) is 9.24. The van der Waals surface area contributed by atoms with Gasteiger partial charge in [0.2, 0.25) is 0 Å². The average molecular weight is 290 g/mol. The quantitative estimate of drug-likeness (QED) is 0.422. The lowest BCUT2D eigenvalue weighted by molar-refractivity contribution is -0.122. The van der Waals surface area contributed by atoms with E-state index in [0.717, 1.165) is 6.42 Å². The van der Waals surface area contributed by atoms with Gasteiger partial charge in [-0.05, 0) is 26.7 Å². The Hall–Kier alpha value is -0.440. The van der Waals surface area contributed by atoms with E-state index >= 15 is 0 Å². The molecule has 19 heavy (non-hydrogen) atoms. The van der Waals surface area contributed by atoms with E-state index in [-0.39, 0.29) is 18.1 Å². The maximum atomic E-state index is 12.7. The first-order chi connectivity index (χ1) is 8.95. The van der Waals surface area contributed by atoms with Crippen molar-refractivity contribution in [1.29, 1.82) is 0 Å². The van der Waals surface area contributed by atoms with Crippen molar-refractivity contribution in [2.45, 2.75) is 52.6 Å². The first-order valence-electron chi connectivity index (χ1n) is 6.97. The van der Waals surface area contributed by atoms with Crippen LogP contribution in [0.2, 0.25) is 0 Å². The second-order valence-corrected chi connectivity index (χ2v) is 6.86. The van der Waals surface area contributed by atoms with E-state index < -0.39 is 13.3 Å². The molecule has 0 radical (unpaired) electrons. The third-order valence-electron chi connectivity index (χ3n) is 3.10. The van der Waals surface area contributed by atoms with Crippen LogP contribution >= 0.6 is 7.60 Å². The molecule has 0 heterocycles. The van der Waals surface area contributed by atoms with Crippen LogP contribution < -0.4 is 0 Å². The topological polar surface area (TPSA) is 52.6 Å². The van der Waals surface area contributed by atoms with E-state index in [0.29, 0.717) is 19.6 Å². The maximum absolute atomic E-state index is 12.7. The van der Waals surface area contributed by atoms with Gasteiger partial charge in [0.1, 0.15) is 5.78 Å². The van der Waals surface area contributed by atoms with E-state index in [1.54, 1.807) is 19.9 Å². The van der Waals surface area contributed by atoms with Crippen molar-refractivity contribution in [2.24, 2.45) is 5.92 Å². The zero-order valence-electron chi connectivity index (χ0n) is 12.6. The minimum Gasteiger partial charge on any atom is -0.309 e. The molecule has 0 fully saturated rings. The van der Waals surface area contributed by atoms with E-state index in [4.69, 9.17) is 9.05 Å². The zero-order valence-corrected chi connectivity index (χ0v) is 13.4. The molecule has 0 bridgehead atoms. The summed E-state index contributed by atoms with van der Waals surface area (Å²) in [4.78, 5) is 12.0. The first-order valence-corrected chi connectivity index (χ1v) is 8.58. The highest BCUT2D eigenvalue weighted by molar-refractivity contribution is 7.54.